The van der Waals surface area contributed by atoms with E-state index in [0.717, 1.165) is 24.3 Å². The van der Waals surface area contributed by atoms with E-state index in [1.807, 2.05) is 36.1 Å². The number of likely N-dealkylation sites (N-methyl/N-ethyl adjacent to an activating group) is 1. The molecule has 24 heavy (non-hydrogen) atoms. The topological polar surface area (TPSA) is 106 Å². The monoisotopic (exact) mass is 371 g/mol. The van der Waals surface area contributed by atoms with Crippen LogP contribution in [0, 0.1) is 0 Å². The lowest BCUT2D eigenvalue weighted by molar-refractivity contribution is 0.248. The highest BCUT2D eigenvalue weighted by atomic mass is 32.3. The van der Waals surface area contributed by atoms with E-state index in [4.69, 9.17) is 4.18 Å². The molecule has 11 heteroatoms. The van der Waals surface area contributed by atoms with Crippen LogP contribution < -0.4 is 4.90 Å². The van der Waals surface area contributed by atoms with Gasteiger partial charge >= 0.3 is 10.4 Å². The Morgan fingerprint density at radius 1 is 1.25 bits per heavy atom. The van der Waals surface area contributed by atoms with Gasteiger partial charge in [0.2, 0.25) is 5.13 Å². The normalized spacial score (nSPS) is 11.9. The smallest absolute Gasteiger partial charge is 0.369 e. The Labute approximate surface area is 144 Å². The molecule has 0 bridgehead atoms. The van der Waals surface area contributed by atoms with Crippen LogP contribution in [0.4, 0.5) is 16.5 Å². The summed E-state index contributed by atoms with van der Waals surface area (Å²) in [5, 5.41) is 8.54. The average Bonchev–Trinajstić information content (AvgIpc) is 3.11. The largest absolute Gasteiger partial charge is 0.399 e. The number of nitrogens with zero attached hydrogens (tertiary/aromatic N) is 5. The van der Waals surface area contributed by atoms with E-state index >= 15 is 0 Å². The fourth-order valence-electron chi connectivity index (χ4n) is 1.81. The van der Waals surface area contributed by atoms with Crippen molar-refractivity contribution in [3.05, 3.63) is 30.6 Å². The van der Waals surface area contributed by atoms with E-state index in [2.05, 4.69) is 23.8 Å². The molecule has 0 fully saturated rings. The van der Waals surface area contributed by atoms with Gasteiger partial charge in [-0.1, -0.05) is 0 Å². The minimum atomic E-state index is -3.91. The zero-order valence-corrected chi connectivity index (χ0v) is 14.8. The lowest BCUT2D eigenvalue weighted by Crippen LogP contribution is -2.28. The summed E-state index contributed by atoms with van der Waals surface area (Å²) in [4.78, 5) is 5.89. The first kappa shape index (κ1) is 18.4. The summed E-state index contributed by atoms with van der Waals surface area (Å²) in [5.74, 6) is 0. The van der Waals surface area contributed by atoms with Gasteiger partial charge in [0, 0.05) is 30.3 Å². The fraction of sp³-hybridized carbons (Fsp3) is 0.385. The molecule has 0 saturated carbocycles. The van der Waals surface area contributed by atoms with Gasteiger partial charge in [0.25, 0.3) is 0 Å². The van der Waals surface area contributed by atoms with Crippen LogP contribution in [0.2, 0.25) is 0 Å². The van der Waals surface area contributed by atoms with Crippen molar-refractivity contribution in [1.29, 1.82) is 0 Å². The summed E-state index contributed by atoms with van der Waals surface area (Å²) in [6, 6.07) is 7.39. The molecule has 0 unspecified atom stereocenters. The van der Waals surface area contributed by atoms with Crippen LogP contribution in [0.3, 0.4) is 0 Å². The lowest BCUT2D eigenvalue weighted by Gasteiger charge is -2.22. The van der Waals surface area contributed by atoms with Crippen molar-refractivity contribution in [1.82, 2.24) is 9.36 Å². The minimum Gasteiger partial charge on any atom is -0.369 e. The second-order valence-electron chi connectivity index (χ2n) is 4.42. The molecule has 0 saturated heterocycles. The van der Waals surface area contributed by atoms with E-state index in [0.29, 0.717) is 23.9 Å². The van der Waals surface area contributed by atoms with Crippen molar-refractivity contribution < 1.29 is 16.8 Å². The van der Waals surface area contributed by atoms with E-state index in [-0.39, 0.29) is 6.61 Å². The maximum Gasteiger partial charge on any atom is 0.399 e. The predicted octanol–water partition coefficient (Wildman–Crippen LogP) is 2.69. The Bertz CT molecular complexity index is 747. The van der Waals surface area contributed by atoms with Crippen molar-refractivity contribution in [2.45, 2.75) is 6.92 Å². The van der Waals surface area contributed by atoms with Crippen molar-refractivity contribution in [2.24, 2.45) is 10.2 Å². The predicted molar refractivity (Wildman–Crippen MR) is 90.3 cm³/mol. The second-order valence-corrected chi connectivity index (χ2v) is 6.56. The number of anilines is 1. The van der Waals surface area contributed by atoms with Gasteiger partial charge in [-0.3, -0.25) is 4.18 Å². The number of benzene rings is 1. The summed E-state index contributed by atoms with van der Waals surface area (Å²) < 4.78 is 35.0. The molecule has 1 aromatic carbocycles. The Hall–Kier alpha value is -1.95. The molecule has 0 radical (unpaired) electrons. The number of aromatic nitrogens is 2. The molecule has 0 N–H and O–H groups in total. The van der Waals surface area contributed by atoms with E-state index in [1.165, 1.54) is 6.33 Å². The summed E-state index contributed by atoms with van der Waals surface area (Å²) in [7, 11) is -2.85. The zero-order chi connectivity index (χ0) is 17.4. The third-order valence-electron chi connectivity index (χ3n) is 2.99. The molecule has 1 aromatic heterocycles. The van der Waals surface area contributed by atoms with Gasteiger partial charge in [0.15, 0.2) is 0 Å². The Balaban J connectivity index is 1.94. The SMILES string of the molecule is CCN(CCOS(=O)(=O)OC)c1ccc(N=Nc2ncns2)cc1. The Kier molecular flexibility index (Phi) is 6.73. The highest BCUT2D eigenvalue weighted by molar-refractivity contribution is 7.81. The molecule has 0 spiro atoms. The van der Waals surface area contributed by atoms with Gasteiger partial charge in [-0.25, -0.2) is 9.17 Å². The number of hydrogen-bond donors (Lipinski definition) is 0. The van der Waals surface area contributed by atoms with Crippen LogP contribution in [0.25, 0.3) is 0 Å². The molecule has 0 aliphatic heterocycles. The first-order valence-corrected chi connectivity index (χ1v) is 9.13. The molecule has 0 amide bonds. The number of hydrogen-bond acceptors (Lipinski definition) is 10. The van der Waals surface area contributed by atoms with Crippen molar-refractivity contribution in [3.63, 3.8) is 0 Å². The summed E-state index contributed by atoms with van der Waals surface area (Å²) in [6.45, 7) is 3.07. The van der Waals surface area contributed by atoms with E-state index < -0.39 is 10.4 Å². The standard InChI is InChI=1S/C13H17N5O4S2/c1-3-18(8-9-22-24(19,20)21-2)12-6-4-11(5-7-12)16-17-13-14-10-15-23-13/h4-7,10H,3,8-9H2,1-2H3. The summed E-state index contributed by atoms with van der Waals surface area (Å²) >= 11 is 1.16. The molecule has 130 valence electrons. The molecule has 0 atom stereocenters. The van der Waals surface area contributed by atoms with Crippen LogP contribution in [-0.4, -0.2) is 44.6 Å². The highest BCUT2D eigenvalue weighted by Crippen LogP contribution is 2.22. The summed E-state index contributed by atoms with van der Waals surface area (Å²) in [6.07, 6.45) is 1.42. The van der Waals surface area contributed by atoms with Crippen LogP contribution in [0.15, 0.2) is 40.8 Å². The summed E-state index contributed by atoms with van der Waals surface area (Å²) in [5.41, 5.74) is 1.61. The van der Waals surface area contributed by atoms with Crippen LogP contribution in [0.1, 0.15) is 6.92 Å². The average molecular weight is 371 g/mol. The molecule has 2 aromatic rings. The maximum absolute atomic E-state index is 11.1. The third kappa shape index (κ3) is 5.60. The quantitative estimate of drug-likeness (QED) is 0.624. The van der Waals surface area contributed by atoms with Crippen molar-refractivity contribution >= 4 is 38.4 Å². The van der Waals surface area contributed by atoms with Crippen LogP contribution >= 0.6 is 11.5 Å². The van der Waals surface area contributed by atoms with Crippen molar-refractivity contribution in [2.75, 3.05) is 31.7 Å². The van der Waals surface area contributed by atoms with Gasteiger partial charge in [-0.2, -0.15) is 12.8 Å². The molecule has 1 heterocycles. The number of azo groups is 1. The van der Waals surface area contributed by atoms with Gasteiger partial charge in [-0.05, 0) is 31.2 Å². The molecule has 0 aliphatic rings. The molecule has 9 nitrogen and oxygen atoms in total. The lowest BCUT2D eigenvalue weighted by atomic mass is 10.2. The van der Waals surface area contributed by atoms with Gasteiger partial charge in [0.05, 0.1) is 19.4 Å². The Morgan fingerprint density at radius 3 is 2.58 bits per heavy atom. The third-order valence-corrected chi connectivity index (χ3v) is 4.40. The van der Waals surface area contributed by atoms with Crippen LogP contribution in [-0.2, 0) is 18.8 Å². The van der Waals surface area contributed by atoms with Crippen LogP contribution in [0.5, 0.6) is 0 Å². The van der Waals surface area contributed by atoms with E-state index in [9.17, 15) is 8.42 Å². The molecular formula is C13H17N5O4S2. The zero-order valence-electron chi connectivity index (χ0n) is 13.2. The van der Waals surface area contributed by atoms with Gasteiger partial charge in [0.1, 0.15) is 6.33 Å². The second kappa shape index (κ2) is 8.78. The van der Waals surface area contributed by atoms with Gasteiger partial charge < -0.3 is 4.90 Å². The first-order chi connectivity index (χ1) is 11.5. The molecule has 0 aliphatic carbocycles. The van der Waals surface area contributed by atoms with Gasteiger partial charge in [-0.15, -0.1) is 10.2 Å². The minimum absolute atomic E-state index is 0.00250. The Morgan fingerprint density at radius 2 is 2.00 bits per heavy atom. The molecule has 2 rings (SSSR count). The van der Waals surface area contributed by atoms with Crippen molar-refractivity contribution in [3.8, 4) is 0 Å². The first-order valence-electron chi connectivity index (χ1n) is 7.02. The maximum atomic E-state index is 11.1. The fourth-order valence-corrected chi connectivity index (χ4v) is 2.54. The van der Waals surface area contributed by atoms with E-state index in [1.54, 1.807) is 0 Å². The highest BCUT2D eigenvalue weighted by Gasteiger charge is 2.10. The molecular weight excluding hydrogens is 354 g/mol. The number of rotatable bonds is 9.